The Hall–Kier alpha value is -3.84. The molecular weight excluding hydrogens is 442 g/mol. The average Bonchev–Trinajstić information content (AvgIpc) is 3.39. The van der Waals surface area contributed by atoms with E-state index in [-0.39, 0.29) is 11.8 Å². The SMILES string of the molecule is CCCOc1ccccc1N1C(=O)[C@@H]2[C@@H](ON(c3ccccc3)[C@H]2c2ccc(N(C)C)cc2)C1=O. The summed E-state index contributed by atoms with van der Waals surface area (Å²) in [7, 11) is 3.96. The smallest absolute Gasteiger partial charge is 0.266 e. The van der Waals surface area contributed by atoms with Crippen LogP contribution < -0.4 is 19.6 Å². The molecule has 2 aliphatic rings. The molecule has 0 aliphatic carbocycles. The van der Waals surface area contributed by atoms with Crippen LogP contribution in [0.4, 0.5) is 17.1 Å². The third-order valence-corrected chi connectivity index (χ3v) is 6.44. The molecule has 0 aromatic heterocycles. The maximum absolute atomic E-state index is 13.9. The van der Waals surface area contributed by atoms with E-state index in [9.17, 15) is 9.59 Å². The molecule has 180 valence electrons. The van der Waals surface area contributed by atoms with Crippen molar-refractivity contribution < 1.29 is 19.2 Å². The Bertz CT molecular complexity index is 1210. The van der Waals surface area contributed by atoms with Crippen molar-refractivity contribution in [3.8, 4) is 5.75 Å². The van der Waals surface area contributed by atoms with Gasteiger partial charge in [0.25, 0.3) is 5.91 Å². The number of hydrogen-bond acceptors (Lipinski definition) is 6. The van der Waals surface area contributed by atoms with Crippen molar-refractivity contribution in [2.45, 2.75) is 25.5 Å². The Morgan fingerprint density at radius 2 is 1.57 bits per heavy atom. The highest BCUT2D eigenvalue weighted by molar-refractivity contribution is 6.24. The monoisotopic (exact) mass is 471 g/mol. The van der Waals surface area contributed by atoms with Gasteiger partial charge in [-0.25, -0.2) is 9.96 Å². The summed E-state index contributed by atoms with van der Waals surface area (Å²) in [5, 5.41) is 1.71. The molecule has 2 saturated heterocycles. The lowest BCUT2D eigenvalue weighted by molar-refractivity contribution is -0.126. The summed E-state index contributed by atoms with van der Waals surface area (Å²) in [5.41, 5.74) is 3.21. The first-order chi connectivity index (χ1) is 17.0. The molecule has 35 heavy (non-hydrogen) atoms. The van der Waals surface area contributed by atoms with Crippen LogP contribution in [0.15, 0.2) is 78.9 Å². The van der Waals surface area contributed by atoms with Gasteiger partial charge in [0.05, 0.1) is 24.0 Å². The molecule has 2 aliphatic heterocycles. The van der Waals surface area contributed by atoms with Crippen molar-refractivity contribution in [1.29, 1.82) is 0 Å². The van der Waals surface area contributed by atoms with E-state index >= 15 is 0 Å². The number of imide groups is 1. The molecule has 3 aromatic rings. The van der Waals surface area contributed by atoms with E-state index in [0.717, 1.165) is 23.4 Å². The topological polar surface area (TPSA) is 62.3 Å². The lowest BCUT2D eigenvalue weighted by atomic mass is 9.90. The van der Waals surface area contributed by atoms with Gasteiger partial charge < -0.3 is 9.64 Å². The van der Waals surface area contributed by atoms with E-state index in [1.165, 1.54) is 4.90 Å². The summed E-state index contributed by atoms with van der Waals surface area (Å²) >= 11 is 0. The van der Waals surface area contributed by atoms with E-state index in [1.54, 1.807) is 23.3 Å². The molecule has 0 spiro atoms. The van der Waals surface area contributed by atoms with Gasteiger partial charge in [-0.15, -0.1) is 0 Å². The maximum Gasteiger partial charge on any atom is 0.266 e. The molecule has 0 unspecified atom stereocenters. The van der Waals surface area contributed by atoms with Gasteiger partial charge in [-0.2, -0.15) is 0 Å². The van der Waals surface area contributed by atoms with Crippen molar-refractivity contribution in [2.24, 2.45) is 5.92 Å². The summed E-state index contributed by atoms with van der Waals surface area (Å²) in [5.74, 6) is -0.830. The third-order valence-electron chi connectivity index (χ3n) is 6.44. The third kappa shape index (κ3) is 4.02. The second-order valence-corrected chi connectivity index (χ2v) is 8.97. The number of ether oxygens (including phenoxy) is 1. The van der Waals surface area contributed by atoms with Gasteiger partial charge in [-0.1, -0.05) is 49.4 Å². The minimum Gasteiger partial charge on any atom is -0.491 e. The normalized spacial score (nSPS) is 21.4. The fourth-order valence-electron chi connectivity index (χ4n) is 4.74. The highest BCUT2D eigenvalue weighted by atomic mass is 16.7. The van der Waals surface area contributed by atoms with E-state index < -0.39 is 18.1 Å². The largest absolute Gasteiger partial charge is 0.491 e. The van der Waals surface area contributed by atoms with Crippen LogP contribution in [0.2, 0.25) is 0 Å². The van der Waals surface area contributed by atoms with Gasteiger partial charge in [0.1, 0.15) is 11.7 Å². The van der Waals surface area contributed by atoms with Crippen molar-refractivity contribution in [2.75, 3.05) is 35.6 Å². The van der Waals surface area contributed by atoms with E-state index in [1.807, 2.05) is 86.6 Å². The van der Waals surface area contributed by atoms with Crippen LogP contribution in [0.3, 0.4) is 0 Å². The summed E-state index contributed by atoms with van der Waals surface area (Å²) in [6.07, 6.45) is -0.0952. The van der Waals surface area contributed by atoms with E-state index in [2.05, 4.69) is 0 Å². The predicted molar refractivity (Wildman–Crippen MR) is 136 cm³/mol. The number of nitrogens with zero attached hydrogens (tertiary/aromatic N) is 3. The van der Waals surface area contributed by atoms with Gasteiger partial charge in [0.15, 0.2) is 6.10 Å². The zero-order valence-corrected chi connectivity index (χ0v) is 20.1. The van der Waals surface area contributed by atoms with Gasteiger partial charge in [0, 0.05) is 19.8 Å². The second kappa shape index (κ2) is 9.43. The Morgan fingerprint density at radius 1 is 0.886 bits per heavy atom. The highest BCUT2D eigenvalue weighted by Gasteiger charge is 2.60. The van der Waals surface area contributed by atoms with E-state index in [4.69, 9.17) is 9.57 Å². The van der Waals surface area contributed by atoms with Crippen molar-refractivity contribution in [1.82, 2.24) is 0 Å². The van der Waals surface area contributed by atoms with Gasteiger partial charge in [-0.3, -0.25) is 14.4 Å². The number of fused-ring (bicyclic) bond motifs is 1. The van der Waals surface area contributed by atoms with Crippen LogP contribution in [0, 0.1) is 5.92 Å². The van der Waals surface area contributed by atoms with Gasteiger partial charge in [0.2, 0.25) is 5.91 Å². The van der Waals surface area contributed by atoms with Crippen molar-refractivity contribution in [3.63, 3.8) is 0 Å². The van der Waals surface area contributed by atoms with Crippen molar-refractivity contribution >= 4 is 28.9 Å². The molecule has 3 atom stereocenters. The molecule has 2 heterocycles. The number of carbonyl (C=O) groups excluding carboxylic acids is 2. The molecule has 0 N–H and O–H groups in total. The molecule has 0 radical (unpaired) electrons. The quantitative estimate of drug-likeness (QED) is 0.470. The predicted octanol–water partition coefficient (Wildman–Crippen LogP) is 4.59. The Kier molecular flexibility index (Phi) is 6.17. The molecule has 0 bridgehead atoms. The first kappa shape index (κ1) is 22.9. The summed E-state index contributed by atoms with van der Waals surface area (Å²) in [6, 6.07) is 24.3. The summed E-state index contributed by atoms with van der Waals surface area (Å²) in [6.45, 7) is 2.51. The standard InChI is InChI=1S/C28H29N3O4/c1-4-18-34-23-13-9-8-12-22(23)30-27(32)24-25(19-14-16-20(17-15-19)29(2)3)31(35-26(24)28(30)33)21-10-6-5-7-11-21/h5-17,24-26H,4,18H2,1-3H3/t24-,25-,26+/m0/s1. The fourth-order valence-corrected chi connectivity index (χ4v) is 4.74. The minimum atomic E-state index is -0.916. The molecule has 2 fully saturated rings. The highest BCUT2D eigenvalue weighted by Crippen LogP contribution is 2.48. The summed E-state index contributed by atoms with van der Waals surface area (Å²) in [4.78, 5) is 37.0. The number of para-hydroxylation sites is 3. The van der Waals surface area contributed by atoms with E-state index in [0.29, 0.717) is 18.0 Å². The van der Waals surface area contributed by atoms with Crippen LogP contribution in [0.5, 0.6) is 5.75 Å². The molecule has 0 saturated carbocycles. The number of rotatable bonds is 7. The van der Waals surface area contributed by atoms with Crippen LogP contribution >= 0.6 is 0 Å². The zero-order valence-electron chi connectivity index (χ0n) is 20.1. The lowest BCUT2D eigenvalue weighted by Crippen LogP contribution is -2.37. The molecule has 2 amide bonds. The first-order valence-electron chi connectivity index (χ1n) is 11.9. The molecule has 7 nitrogen and oxygen atoms in total. The number of carbonyl (C=O) groups is 2. The Morgan fingerprint density at radius 3 is 2.26 bits per heavy atom. The fraction of sp³-hybridized carbons (Fsp3) is 0.286. The maximum atomic E-state index is 13.9. The molecule has 3 aromatic carbocycles. The average molecular weight is 472 g/mol. The molecular formula is C28H29N3O4. The minimum absolute atomic E-state index is 0.285. The zero-order chi connectivity index (χ0) is 24.5. The van der Waals surface area contributed by atoms with Crippen LogP contribution in [-0.4, -0.2) is 38.6 Å². The Labute approximate surface area is 205 Å². The molecule has 5 rings (SSSR count). The number of amides is 2. The number of hydroxylamine groups is 1. The Balaban J connectivity index is 1.55. The number of anilines is 3. The van der Waals surface area contributed by atoms with Crippen molar-refractivity contribution in [3.05, 3.63) is 84.4 Å². The number of benzene rings is 3. The summed E-state index contributed by atoms with van der Waals surface area (Å²) < 4.78 is 5.85. The van der Waals surface area contributed by atoms with Crippen LogP contribution in [-0.2, 0) is 14.4 Å². The molecule has 7 heteroatoms. The van der Waals surface area contributed by atoms with Gasteiger partial charge in [-0.05, 0) is 48.4 Å². The lowest BCUT2D eigenvalue weighted by Gasteiger charge is -2.29. The van der Waals surface area contributed by atoms with Crippen LogP contribution in [0.1, 0.15) is 24.9 Å². The number of hydrogen-bond donors (Lipinski definition) is 0. The van der Waals surface area contributed by atoms with Gasteiger partial charge >= 0.3 is 0 Å². The first-order valence-corrected chi connectivity index (χ1v) is 11.9. The van der Waals surface area contributed by atoms with Crippen LogP contribution in [0.25, 0.3) is 0 Å². The second-order valence-electron chi connectivity index (χ2n) is 8.97.